The maximum absolute atomic E-state index is 13.4. The summed E-state index contributed by atoms with van der Waals surface area (Å²) in [7, 11) is 0. The van der Waals surface area contributed by atoms with Gasteiger partial charge in [-0.1, -0.05) is 62.4 Å². The molecule has 0 aromatic heterocycles. The SMILES string of the molecule is CC(C)c1ccc(CNC(=O)CN2CCc3ccccc3[C@H]2C(=O)N2CCCC2)cc1. The molecule has 0 radical (unpaired) electrons. The molecule has 1 N–H and O–H groups in total. The Labute approximate surface area is 185 Å². The first-order chi connectivity index (χ1) is 15.0. The van der Waals surface area contributed by atoms with Crippen molar-refractivity contribution >= 4 is 11.8 Å². The van der Waals surface area contributed by atoms with Crippen molar-refractivity contribution in [3.05, 3.63) is 70.8 Å². The molecular formula is C26H33N3O2. The van der Waals surface area contributed by atoms with E-state index in [1.807, 2.05) is 23.1 Å². The number of nitrogens with one attached hydrogen (secondary N) is 1. The molecule has 5 nitrogen and oxygen atoms in total. The third kappa shape index (κ3) is 4.99. The number of rotatable bonds is 6. The van der Waals surface area contributed by atoms with Crippen LogP contribution in [0.5, 0.6) is 0 Å². The Bertz CT molecular complexity index is 917. The van der Waals surface area contributed by atoms with Gasteiger partial charge >= 0.3 is 0 Å². The highest BCUT2D eigenvalue weighted by molar-refractivity contribution is 5.86. The van der Waals surface area contributed by atoms with Gasteiger partial charge in [0.2, 0.25) is 11.8 Å². The van der Waals surface area contributed by atoms with Gasteiger partial charge in [0.25, 0.3) is 0 Å². The third-order valence-electron chi connectivity index (χ3n) is 6.52. The molecule has 2 aromatic rings. The highest BCUT2D eigenvalue weighted by Crippen LogP contribution is 2.32. The van der Waals surface area contributed by atoms with Gasteiger partial charge in [-0.2, -0.15) is 0 Å². The smallest absolute Gasteiger partial charge is 0.244 e. The summed E-state index contributed by atoms with van der Waals surface area (Å²) >= 11 is 0. The second-order valence-electron chi connectivity index (χ2n) is 9.03. The van der Waals surface area contributed by atoms with E-state index in [4.69, 9.17) is 0 Å². The lowest BCUT2D eigenvalue weighted by molar-refractivity contribution is -0.137. The van der Waals surface area contributed by atoms with E-state index in [1.165, 1.54) is 11.1 Å². The summed E-state index contributed by atoms with van der Waals surface area (Å²) in [5.41, 5.74) is 4.67. The lowest BCUT2D eigenvalue weighted by Crippen LogP contribution is -2.48. The van der Waals surface area contributed by atoms with Crippen molar-refractivity contribution in [1.82, 2.24) is 15.1 Å². The molecule has 1 saturated heterocycles. The molecule has 1 fully saturated rings. The van der Waals surface area contributed by atoms with Crippen LogP contribution < -0.4 is 5.32 Å². The Balaban J connectivity index is 1.43. The lowest BCUT2D eigenvalue weighted by atomic mass is 9.91. The van der Waals surface area contributed by atoms with E-state index in [-0.39, 0.29) is 24.4 Å². The molecule has 0 unspecified atom stereocenters. The average Bonchev–Trinajstić information content (AvgIpc) is 3.32. The van der Waals surface area contributed by atoms with Gasteiger partial charge in [-0.25, -0.2) is 0 Å². The first kappa shape index (κ1) is 21.6. The molecule has 0 spiro atoms. The molecule has 2 heterocycles. The zero-order valence-corrected chi connectivity index (χ0v) is 18.6. The summed E-state index contributed by atoms with van der Waals surface area (Å²) in [4.78, 5) is 30.2. The number of likely N-dealkylation sites (tertiary alicyclic amines) is 1. The van der Waals surface area contributed by atoms with Crippen molar-refractivity contribution in [1.29, 1.82) is 0 Å². The maximum atomic E-state index is 13.4. The van der Waals surface area contributed by atoms with Crippen molar-refractivity contribution in [3.8, 4) is 0 Å². The number of benzene rings is 2. The summed E-state index contributed by atoms with van der Waals surface area (Å²) in [6, 6.07) is 16.2. The van der Waals surface area contributed by atoms with Crippen LogP contribution in [0.25, 0.3) is 0 Å². The predicted molar refractivity (Wildman–Crippen MR) is 123 cm³/mol. The van der Waals surface area contributed by atoms with Crippen molar-refractivity contribution in [2.24, 2.45) is 0 Å². The third-order valence-corrected chi connectivity index (χ3v) is 6.52. The number of fused-ring (bicyclic) bond motifs is 1. The monoisotopic (exact) mass is 419 g/mol. The quantitative estimate of drug-likeness (QED) is 0.778. The van der Waals surface area contributed by atoms with Crippen LogP contribution in [0.1, 0.15) is 60.9 Å². The molecule has 31 heavy (non-hydrogen) atoms. The van der Waals surface area contributed by atoms with Crippen LogP contribution in [0.3, 0.4) is 0 Å². The predicted octanol–water partition coefficient (Wildman–Crippen LogP) is 3.65. The van der Waals surface area contributed by atoms with E-state index < -0.39 is 0 Å². The molecule has 2 aliphatic heterocycles. The largest absolute Gasteiger partial charge is 0.351 e. The van der Waals surface area contributed by atoms with Crippen LogP contribution in [0.2, 0.25) is 0 Å². The molecule has 0 aliphatic carbocycles. The molecule has 5 heteroatoms. The van der Waals surface area contributed by atoms with Gasteiger partial charge in [-0.15, -0.1) is 0 Å². The first-order valence-corrected chi connectivity index (χ1v) is 11.5. The van der Waals surface area contributed by atoms with E-state index in [9.17, 15) is 9.59 Å². The van der Waals surface area contributed by atoms with Gasteiger partial charge in [0, 0.05) is 26.2 Å². The Morgan fingerprint density at radius 2 is 1.71 bits per heavy atom. The van der Waals surface area contributed by atoms with Crippen molar-refractivity contribution in [2.45, 2.75) is 51.6 Å². The van der Waals surface area contributed by atoms with Crippen LogP contribution in [0.15, 0.2) is 48.5 Å². The Kier molecular flexibility index (Phi) is 6.71. The average molecular weight is 420 g/mol. The highest BCUT2D eigenvalue weighted by Gasteiger charge is 2.36. The Morgan fingerprint density at radius 1 is 1.00 bits per heavy atom. The van der Waals surface area contributed by atoms with Crippen LogP contribution in [-0.2, 0) is 22.6 Å². The minimum absolute atomic E-state index is 0.0356. The van der Waals surface area contributed by atoms with E-state index in [0.717, 1.165) is 50.0 Å². The van der Waals surface area contributed by atoms with Crippen molar-refractivity contribution in [3.63, 3.8) is 0 Å². The second-order valence-corrected chi connectivity index (χ2v) is 9.03. The Morgan fingerprint density at radius 3 is 2.42 bits per heavy atom. The first-order valence-electron chi connectivity index (χ1n) is 11.5. The van der Waals surface area contributed by atoms with Gasteiger partial charge in [-0.05, 0) is 47.4 Å². The number of carbonyl (C=O) groups is 2. The second kappa shape index (κ2) is 9.65. The minimum Gasteiger partial charge on any atom is -0.351 e. The van der Waals surface area contributed by atoms with E-state index >= 15 is 0 Å². The topological polar surface area (TPSA) is 52.7 Å². The summed E-state index contributed by atoms with van der Waals surface area (Å²) in [6.07, 6.45) is 3.00. The van der Waals surface area contributed by atoms with Gasteiger partial charge in [0.15, 0.2) is 0 Å². The van der Waals surface area contributed by atoms with E-state index in [0.29, 0.717) is 12.5 Å². The van der Waals surface area contributed by atoms with E-state index in [1.54, 1.807) is 0 Å². The molecule has 0 saturated carbocycles. The fraction of sp³-hybridized carbons (Fsp3) is 0.462. The molecule has 1 atom stereocenters. The molecule has 4 rings (SSSR count). The van der Waals surface area contributed by atoms with Crippen LogP contribution in [-0.4, -0.2) is 47.8 Å². The molecule has 0 bridgehead atoms. The van der Waals surface area contributed by atoms with Gasteiger partial charge < -0.3 is 10.2 Å². The van der Waals surface area contributed by atoms with Crippen molar-refractivity contribution < 1.29 is 9.59 Å². The standard InChI is InChI=1S/C26H33N3O2/c1-19(2)21-11-9-20(10-12-21)17-27-24(30)18-29-16-13-22-7-3-4-8-23(22)25(29)26(31)28-14-5-6-15-28/h3-4,7-12,19,25H,5-6,13-18H2,1-2H3,(H,27,30)/t25-/m0/s1. The molecular weight excluding hydrogens is 386 g/mol. The fourth-order valence-electron chi connectivity index (χ4n) is 4.65. The van der Waals surface area contributed by atoms with Gasteiger partial charge in [-0.3, -0.25) is 14.5 Å². The van der Waals surface area contributed by atoms with Crippen LogP contribution >= 0.6 is 0 Å². The van der Waals surface area contributed by atoms with Gasteiger partial charge in [0.1, 0.15) is 6.04 Å². The molecule has 2 aromatic carbocycles. The number of nitrogens with zero attached hydrogens (tertiary/aromatic N) is 2. The normalized spacial score (nSPS) is 18.8. The van der Waals surface area contributed by atoms with Gasteiger partial charge in [0.05, 0.1) is 6.54 Å². The summed E-state index contributed by atoms with van der Waals surface area (Å²) in [5, 5.41) is 3.04. The number of hydrogen-bond donors (Lipinski definition) is 1. The minimum atomic E-state index is -0.362. The van der Waals surface area contributed by atoms with Crippen LogP contribution in [0, 0.1) is 0 Å². The molecule has 164 valence electrons. The molecule has 2 aliphatic rings. The number of amides is 2. The summed E-state index contributed by atoms with van der Waals surface area (Å²) in [6.45, 7) is 7.46. The number of hydrogen-bond acceptors (Lipinski definition) is 3. The number of carbonyl (C=O) groups excluding carboxylic acids is 2. The van der Waals surface area contributed by atoms with E-state index in [2.05, 4.69) is 54.4 Å². The zero-order chi connectivity index (χ0) is 21.8. The molecule has 2 amide bonds. The lowest BCUT2D eigenvalue weighted by Gasteiger charge is -2.37. The highest BCUT2D eigenvalue weighted by atomic mass is 16.2. The summed E-state index contributed by atoms with van der Waals surface area (Å²) < 4.78 is 0. The fourth-order valence-corrected chi connectivity index (χ4v) is 4.65. The Hall–Kier alpha value is -2.66. The van der Waals surface area contributed by atoms with Crippen molar-refractivity contribution in [2.75, 3.05) is 26.2 Å². The summed E-state index contributed by atoms with van der Waals surface area (Å²) in [5.74, 6) is 0.601. The van der Waals surface area contributed by atoms with Crippen LogP contribution in [0.4, 0.5) is 0 Å². The maximum Gasteiger partial charge on any atom is 0.244 e. The zero-order valence-electron chi connectivity index (χ0n) is 18.6.